The number of fused-ring (bicyclic) bond motifs is 1. The van der Waals surface area contributed by atoms with Crippen molar-refractivity contribution in [1.29, 1.82) is 0 Å². The maximum absolute atomic E-state index is 12.6. The molecule has 1 aromatic heterocycles. The molecule has 0 bridgehead atoms. The topological polar surface area (TPSA) is 60.3 Å². The van der Waals surface area contributed by atoms with Crippen LogP contribution < -0.4 is 5.32 Å². The van der Waals surface area contributed by atoms with Crippen LogP contribution in [0, 0.1) is 5.92 Å². The zero-order chi connectivity index (χ0) is 18.6. The second kappa shape index (κ2) is 7.66. The molecular weight excluding hydrogens is 340 g/mol. The summed E-state index contributed by atoms with van der Waals surface area (Å²) >= 11 is 0. The van der Waals surface area contributed by atoms with Crippen molar-refractivity contribution in [1.82, 2.24) is 9.88 Å². The number of para-hydroxylation sites is 1. The van der Waals surface area contributed by atoms with Gasteiger partial charge >= 0.3 is 5.97 Å². The highest BCUT2D eigenvalue weighted by Crippen LogP contribution is 2.28. The number of aromatic nitrogens is 1. The molecule has 0 aliphatic heterocycles. The minimum atomic E-state index is -0.386. The molecule has 1 amide bonds. The van der Waals surface area contributed by atoms with E-state index in [0.717, 1.165) is 29.3 Å². The number of benzene rings is 2. The molecule has 1 aliphatic rings. The SMILES string of the molecule is O=C(CNC(=O)c1cn(Cc2ccccc2)c2ccccc12)OCC1CC1. The number of rotatable bonds is 7. The Kier molecular flexibility index (Phi) is 4.92. The normalized spacial score (nSPS) is 13.5. The summed E-state index contributed by atoms with van der Waals surface area (Å²) in [5.74, 6) is -0.134. The van der Waals surface area contributed by atoms with E-state index in [1.807, 2.05) is 48.7 Å². The van der Waals surface area contributed by atoms with Gasteiger partial charge in [0.15, 0.2) is 0 Å². The predicted molar refractivity (Wildman–Crippen MR) is 103 cm³/mol. The molecule has 1 aliphatic carbocycles. The number of amides is 1. The van der Waals surface area contributed by atoms with Gasteiger partial charge in [-0.3, -0.25) is 9.59 Å². The van der Waals surface area contributed by atoms with Crippen LogP contribution in [0.3, 0.4) is 0 Å². The highest BCUT2D eigenvalue weighted by atomic mass is 16.5. The first kappa shape index (κ1) is 17.3. The molecule has 1 N–H and O–H groups in total. The molecule has 0 saturated heterocycles. The maximum Gasteiger partial charge on any atom is 0.325 e. The molecule has 1 heterocycles. The summed E-state index contributed by atoms with van der Waals surface area (Å²) in [4.78, 5) is 24.4. The second-order valence-corrected chi connectivity index (χ2v) is 6.98. The van der Waals surface area contributed by atoms with Crippen molar-refractivity contribution in [3.05, 3.63) is 71.9 Å². The standard InChI is InChI=1S/C22H22N2O3/c25-21(27-15-17-10-11-17)12-23-22(26)19-14-24(13-16-6-2-1-3-7-16)20-9-5-4-8-18(19)20/h1-9,14,17H,10-13,15H2,(H,23,26). The Labute approximate surface area is 157 Å². The molecule has 0 spiro atoms. The molecule has 3 aromatic rings. The summed E-state index contributed by atoms with van der Waals surface area (Å²) < 4.78 is 7.23. The summed E-state index contributed by atoms with van der Waals surface area (Å²) in [5, 5.41) is 3.56. The van der Waals surface area contributed by atoms with Crippen molar-refractivity contribution >= 4 is 22.8 Å². The molecule has 4 rings (SSSR count). The molecule has 5 nitrogen and oxygen atoms in total. The van der Waals surface area contributed by atoms with Crippen LogP contribution in [0.2, 0.25) is 0 Å². The molecule has 138 valence electrons. The first-order valence-corrected chi connectivity index (χ1v) is 9.26. The molecule has 2 aromatic carbocycles. The molecule has 0 atom stereocenters. The number of esters is 1. The zero-order valence-electron chi connectivity index (χ0n) is 15.1. The van der Waals surface area contributed by atoms with Crippen molar-refractivity contribution < 1.29 is 14.3 Å². The van der Waals surface area contributed by atoms with Crippen LogP contribution in [0.4, 0.5) is 0 Å². The van der Waals surface area contributed by atoms with Gasteiger partial charge in [0, 0.05) is 23.6 Å². The number of ether oxygens (including phenoxy) is 1. The number of carbonyl (C=O) groups excluding carboxylic acids is 2. The van der Waals surface area contributed by atoms with Gasteiger partial charge in [-0.15, -0.1) is 0 Å². The van der Waals surface area contributed by atoms with Crippen LogP contribution in [-0.2, 0) is 16.1 Å². The fraction of sp³-hybridized carbons (Fsp3) is 0.273. The lowest BCUT2D eigenvalue weighted by Crippen LogP contribution is -2.30. The van der Waals surface area contributed by atoms with E-state index >= 15 is 0 Å². The minimum absolute atomic E-state index is 0.107. The second-order valence-electron chi connectivity index (χ2n) is 6.98. The Balaban J connectivity index is 1.49. The van der Waals surface area contributed by atoms with Crippen molar-refractivity contribution in [2.45, 2.75) is 19.4 Å². The van der Waals surface area contributed by atoms with Crippen LogP contribution in [0.25, 0.3) is 10.9 Å². The van der Waals surface area contributed by atoms with Gasteiger partial charge in [0.2, 0.25) is 0 Å². The van der Waals surface area contributed by atoms with E-state index in [1.165, 1.54) is 0 Å². The van der Waals surface area contributed by atoms with Gasteiger partial charge in [-0.1, -0.05) is 48.5 Å². The third-order valence-electron chi connectivity index (χ3n) is 4.80. The monoisotopic (exact) mass is 362 g/mol. The quantitative estimate of drug-likeness (QED) is 0.656. The van der Waals surface area contributed by atoms with E-state index in [0.29, 0.717) is 24.6 Å². The molecule has 0 radical (unpaired) electrons. The number of carbonyl (C=O) groups is 2. The predicted octanol–water partition coefficient (Wildman–Crippen LogP) is 3.37. The molecule has 27 heavy (non-hydrogen) atoms. The molecule has 1 saturated carbocycles. The summed E-state index contributed by atoms with van der Waals surface area (Å²) in [6.45, 7) is 1.03. The van der Waals surface area contributed by atoms with Crippen LogP contribution >= 0.6 is 0 Å². The third kappa shape index (κ3) is 4.19. The van der Waals surface area contributed by atoms with Gasteiger partial charge in [0.05, 0.1) is 12.2 Å². The fourth-order valence-electron chi connectivity index (χ4n) is 3.13. The molecule has 5 heteroatoms. The van der Waals surface area contributed by atoms with Crippen molar-refractivity contribution in [3.63, 3.8) is 0 Å². The average Bonchev–Trinajstić information content (AvgIpc) is 3.47. The van der Waals surface area contributed by atoms with E-state index in [-0.39, 0.29) is 18.4 Å². The van der Waals surface area contributed by atoms with Gasteiger partial charge in [0.1, 0.15) is 6.54 Å². The lowest BCUT2D eigenvalue weighted by atomic mass is 10.1. The Morgan fingerprint density at radius 3 is 2.56 bits per heavy atom. The molecular formula is C22H22N2O3. The Bertz CT molecular complexity index is 958. The first-order chi connectivity index (χ1) is 13.2. The number of nitrogens with zero attached hydrogens (tertiary/aromatic N) is 1. The largest absolute Gasteiger partial charge is 0.464 e. The average molecular weight is 362 g/mol. The van der Waals surface area contributed by atoms with Gasteiger partial charge < -0.3 is 14.6 Å². The van der Waals surface area contributed by atoms with E-state index in [1.54, 1.807) is 0 Å². The number of hydrogen-bond acceptors (Lipinski definition) is 3. The Morgan fingerprint density at radius 1 is 1.04 bits per heavy atom. The van der Waals surface area contributed by atoms with Gasteiger partial charge in [-0.25, -0.2) is 0 Å². The smallest absolute Gasteiger partial charge is 0.325 e. The summed E-state index contributed by atoms with van der Waals surface area (Å²) in [7, 11) is 0. The van der Waals surface area contributed by atoms with Gasteiger partial charge in [-0.05, 0) is 30.4 Å². The van der Waals surface area contributed by atoms with Crippen molar-refractivity contribution in [2.24, 2.45) is 5.92 Å². The van der Waals surface area contributed by atoms with E-state index in [9.17, 15) is 9.59 Å². The lowest BCUT2D eigenvalue weighted by molar-refractivity contribution is -0.142. The van der Waals surface area contributed by atoms with Crippen LogP contribution in [0.15, 0.2) is 60.8 Å². The van der Waals surface area contributed by atoms with E-state index < -0.39 is 0 Å². The minimum Gasteiger partial charge on any atom is -0.464 e. The van der Waals surface area contributed by atoms with Crippen molar-refractivity contribution in [3.8, 4) is 0 Å². The van der Waals surface area contributed by atoms with E-state index in [4.69, 9.17) is 4.74 Å². The maximum atomic E-state index is 12.6. The molecule has 1 fully saturated rings. The molecule has 0 unspecified atom stereocenters. The van der Waals surface area contributed by atoms with Gasteiger partial charge in [-0.2, -0.15) is 0 Å². The number of hydrogen-bond donors (Lipinski definition) is 1. The Hall–Kier alpha value is -3.08. The highest BCUT2D eigenvalue weighted by molar-refractivity contribution is 6.07. The van der Waals surface area contributed by atoms with Gasteiger partial charge in [0.25, 0.3) is 5.91 Å². The summed E-state index contributed by atoms with van der Waals surface area (Å²) in [6.07, 6.45) is 4.10. The summed E-state index contributed by atoms with van der Waals surface area (Å²) in [6, 6.07) is 17.9. The number of nitrogens with one attached hydrogen (secondary N) is 1. The first-order valence-electron chi connectivity index (χ1n) is 9.26. The van der Waals surface area contributed by atoms with Crippen LogP contribution in [0.1, 0.15) is 28.8 Å². The lowest BCUT2D eigenvalue weighted by Gasteiger charge is -2.05. The van der Waals surface area contributed by atoms with Crippen molar-refractivity contribution in [2.75, 3.05) is 13.2 Å². The summed E-state index contributed by atoms with van der Waals surface area (Å²) in [5.41, 5.74) is 2.72. The zero-order valence-corrected chi connectivity index (χ0v) is 15.1. The highest BCUT2D eigenvalue weighted by Gasteiger charge is 2.23. The van der Waals surface area contributed by atoms with Crippen LogP contribution in [-0.4, -0.2) is 29.6 Å². The van der Waals surface area contributed by atoms with Crippen LogP contribution in [0.5, 0.6) is 0 Å². The Morgan fingerprint density at radius 2 is 1.78 bits per heavy atom. The van der Waals surface area contributed by atoms with E-state index in [2.05, 4.69) is 22.0 Å². The fourth-order valence-corrected chi connectivity index (χ4v) is 3.13. The third-order valence-corrected chi connectivity index (χ3v) is 4.80.